The molecular weight excluding hydrogens is 214 g/mol. The predicted octanol–water partition coefficient (Wildman–Crippen LogP) is 1.74. The van der Waals surface area contributed by atoms with Crippen LogP contribution in [0.1, 0.15) is 25.3 Å². The van der Waals surface area contributed by atoms with Crippen molar-refractivity contribution in [1.82, 2.24) is 5.32 Å². The van der Waals surface area contributed by atoms with E-state index in [1.807, 2.05) is 31.2 Å². The number of rotatable bonds is 6. The Morgan fingerprint density at radius 3 is 2.53 bits per heavy atom. The standard InChI is InChI=1S/C14H21NO2/c1-14(16,10-15-12-5-6-12)9-11-3-7-13(17-2)8-4-11/h3-4,7-8,12,15-16H,5-6,9-10H2,1-2H3. The molecule has 3 heteroatoms. The molecule has 17 heavy (non-hydrogen) atoms. The third-order valence-corrected chi connectivity index (χ3v) is 3.09. The van der Waals surface area contributed by atoms with E-state index in [2.05, 4.69) is 5.32 Å². The maximum absolute atomic E-state index is 10.3. The highest BCUT2D eigenvalue weighted by Crippen LogP contribution is 2.21. The quantitative estimate of drug-likeness (QED) is 0.789. The number of methoxy groups -OCH3 is 1. The Kier molecular flexibility index (Phi) is 3.69. The summed E-state index contributed by atoms with van der Waals surface area (Å²) in [5.74, 6) is 0.851. The fourth-order valence-electron chi connectivity index (χ4n) is 1.90. The van der Waals surface area contributed by atoms with Crippen LogP contribution in [0.25, 0.3) is 0 Å². The number of hydrogen-bond acceptors (Lipinski definition) is 3. The van der Waals surface area contributed by atoms with Crippen molar-refractivity contribution in [2.24, 2.45) is 0 Å². The van der Waals surface area contributed by atoms with Crippen LogP contribution in [-0.2, 0) is 6.42 Å². The molecule has 94 valence electrons. The Balaban J connectivity index is 1.87. The second kappa shape index (κ2) is 5.07. The van der Waals surface area contributed by atoms with E-state index in [1.165, 1.54) is 12.8 Å². The summed E-state index contributed by atoms with van der Waals surface area (Å²) in [6.07, 6.45) is 3.16. The molecule has 0 aromatic heterocycles. The second-order valence-corrected chi connectivity index (χ2v) is 5.18. The van der Waals surface area contributed by atoms with Crippen LogP contribution in [0, 0.1) is 0 Å². The van der Waals surface area contributed by atoms with Crippen LogP contribution in [0.15, 0.2) is 24.3 Å². The Morgan fingerprint density at radius 2 is 2.00 bits per heavy atom. The van der Waals surface area contributed by atoms with Gasteiger partial charge >= 0.3 is 0 Å². The van der Waals surface area contributed by atoms with Crippen LogP contribution in [0.5, 0.6) is 5.75 Å². The molecule has 0 bridgehead atoms. The van der Waals surface area contributed by atoms with E-state index >= 15 is 0 Å². The summed E-state index contributed by atoms with van der Waals surface area (Å²) in [4.78, 5) is 0. The van der Waals surface area contributed by atoms with Gasteiger partial charge < -0.3 is 15.2 Å². The summed E-state index contributed by atoms with van der Waals surface area (Å²) in [5.41, 5.74) is 0.449. The molecule has 0 saturated heterocycles. The lowest BCUT2D eigenvalue weighted by Crippen LogP contribution is -2.40. The minimum absolute atomic E-state index is 0.636. The number of ether oxygens (including phenoxy) is 1. The van der Waals surface area contributed by atoms with Gasteiger partial charge in [-0.15, -0.1) is 0 Å². The summed E-state index contributed by atoms with van der Waals surface area (Å²) in [6.45, 7) is 2.54. The monoisotopic (exact) mass is 235 g/mol. The Hall–Kier alpha value is -1.06. The van der Waals surface area contributed by atoms with Crippen molar-refractivity contribution in [3.05, 3.63) is 29.8 Å². The maximum atomic E-state index is 10.3. The fraction of sp³-hybridized carbons (Fsp3) is 0.571. The first kappa shape index (κ1) is 12.4. The zero-order valence-electron chi connectivity index (χ0n) is 10.6. The highest BCUT2D eigenvalue weighted by atomic mass is 16.5. The van der Waals surface area contributed by atoms with Gasteiger partial charge in [-0.25, -0.2) is 0 Å². The van der Waals surface area contributed by atoms with Crippen LogP contribution in [0.4, 0.5) is 0 Å². The van der Waals surface area contributed by atoms with Crippen molar-refractivity contribution in [2.75, 3.05) is 13.7 Å². The fourth-order valence-corrected chi connectivity index (χ4v) is 1.90. The van der Waals surface area contributed by atoms with Crippen molar-refractivity contribution < 1.29 is 9.84 Å². The van der Waals surface area contributed by atoms with Crippen LogP contribution in [-0.4, -0.2) is 30.4 Å². The molecule has 1 unspecified atom stereocenters. The van der Waals surface area contributed by atoms with Gasteiger partial charge in [0.05, 0.1) is 12.7 Å². The minimum atomic E-state index is -0.683. The molecule has 1 fully saturated rings. The van der Waals surface area contributed by atoms with Gasteiger partial charge in [-0.05, 0) is 37.5 Å². The Labute approximate surface area is 103 Å². The van der Waals surface area contributed by atoms with E-state index in [0.29, 0.717) is 19.0 Å². The van der Waals surface area contributed by atoms with Crippen LogP contribution < -0.4 is 10.1 Å². The Bertz CT molecular complexity index is 355. The first-order valence-electron chi connectivity index (χ1n) is 6.18. The predicted molar refractivity (Wildman–Crippen MR) is 68.3 cm³/mol. The molecule has 1 aromatic rings. The summed E-state index contributed by atoms with van der Waals surface area (Å²) in [6, 6.07) is 8.51. The zero-order chi connectivity index (χ0) is 12.3. The van der Waals surface area contributed by atoms with E-state index in [9.17, 15) is 5.11 Å². The molecule has 1 atom stereocenters. The molecule has 0 spiro atoms. The smallest absolute Gasteiger partial charge is 0.118 e. The molecule has 2 rings (SSSR count). The molecule has 1 aliphatic rings. The highest BCUT2D eigenvalue weighted by molar-refractivity contribution is 5.28. The summed E-state index contributed by atoms with van der Waals surface area (Å²) in [5, 5.41) is 13.6. The largest absolute Gasteiger partial charge is 0.497 e. The normalized spacial score (nSPS) is 18.8. The van der Waals surface area contributed by atoms with E-state index in [0.717, 1.165) is 11.3 Å². The molecule has 0 radical (unpaired) electrons. The van der Waals surface area contributed by atoms with Crippen molar-refractivity contribution in [2.45, 2.75) is 37.8 Å². The van der Waals surface area contributed by atoms with Crippen molar-refractivity contribution in [1.29, 1.82) is 0 Å². The first-order valence-corrected chi connectivity index (χ1v) is 6.18. The van der Waals surface area contributed by atoms with Crippen molar-refractivity contribution in [3.8, 4) is 5.75 Å². The third kappa shape index (κ3) is 4.02. The summed E-state index contributed by atoms with van der Waals surface area (Å²) < 4.78 is 5.11. The van der Waals surface area contributed by atoms with Gasteiger partial charge in [-0.1, -0.05) is 12.1 Å². The molecule has 2 N–H and O–H groups in total. The average Bonchev–Trinajstić information content (AvgIpc) is 3.11. The van der Waals surface area contributed by atoms with E-state index in [4.69, 9.17) is 4.74 Å². The van der Waals surface area contributed by atoms with Gasteiger partial charge in [0.15, 0.2) is 0 Å². The molecule has 0 amide bonds. The number of benzene rings is 1. The van der Waals surface area contributed by atoms with Crippen molar-refractivity contribution in [3.63, 3.8) is 0 Å². The molecule has 1 aliphatic carbocycles. The first-order chi connectivity index (χ1) is 8.09. The second-order valence-electron chi connectivity index (χ2n) is 5.18. The van der Waals surface area contributed by atoms with Gasteiger partial charge in [-0.3, -0.25) is 0 Å². The zero-order valence-corrected chi connectivity index (χ0v) is 10.6. The molecular formula is C14H21NO2. The minimum Gasteiger partial charge on any atom is -0.497 e. The van der Waals surface area contributed by atoms with Gasteiger partial charge in [-0.2, -0.15) is 0 Å². The topological polar surface area (TPSA) is 41.5 Å². The van der Waals surface area contributed by atoms with Crippen LogP contribution in [0.2, 0.25) is 0 Å². The SMILES string of the molecule is COc1ccc(CC(C)(O)CNC2CC2)cc1. The van der Waals surface area contributed by atoms with Gasteiger partial charge in [0, 0.05) is 19.0 Å². The van der Waals surface area contributed by atoms with E-state index < -0.39 is 5.60 Å². The van der Waals surface area contributed by atoms with Crippen molar-refractivity contribution >= 4 is 0 Å². The molecule has 3 nitrogen and oxygen atoms in total. The summed E-state index contributed by atoms with van der Waals surface area (Å²) in [7, 11) is 1.66. The maximum Gasteiger partial charge on any atom is 0.118 e. The average molecular weight is 235 g/mol. The van der Waals surface area contributed by atoms with Gasteiger partial charge in [0.2, 0.25) is 0 Å². The lowest BCUT2D eigenvalue weighted by atomic mass is 9.96. The molecule has 1 aromatic carbocycles. The lowest BCUT2D eigenvalue weighted by Gasteiger charge is -2.24. The number of hydrogen-bond donors (Lipinski definition) is 2. The lowest BCUT2D eigenvalue weighted by molar-refractivity contribution is 0.0597. The number of aliphatic hydroxyl groups is 1. The third-order valence-electron chi connectivity index (χ3n) is 3.09. The number of nitrogens with one attached hydrogen (secondary N) is 1. The molecule has 0 heterocycles. The summed E-state index contributed by atoms with van der Waals surface area (Å²) >= 11 is 0. The Morgan fingerprint density at radius 1 is 1.35 bits per heavy atom. The van der Waals surface area contributed by atoms with Crippen LogP contribution in [0.3, 0.4) is 0 Å². The van der Waals surface area contributed by atoms with Gasteiger partial charge in [0.1, 0.15) is 5.75 Å². The van der Waals surface area contributed by atoms with Crippen LogP contribution >= 0.6 is 0 Å². The molecule has 0 aliphatic heterocycles. The highest BCUT2D eigenvalue weighted by Gasteiger charge is 2.26. The van der Waals surface area contributed by atoms with E-state index in [1.54, 1.807) is 7.11 Å². The van der Waals surface area contributed by atoms with Gasteiger partial charge in [0.25, 0.3) is 0 Å². The van der Waals surface area contributed by atoms with E-state index in [-0.39, 0.29) is 0 Å². The molecule has 1 saturated carbocycles.